The molecule has 1 unspecified atom stereocenters. The first kappa shape index (κ1) is 10.5. The highest BCUT2D eigenvalue weighted by molar-refractivity contribution is 5.00. The molecule has 2 aliphatic carbocycles. The molecule has 1 N–H and O–H groups in total. The van der Waals surface area contributed by atoms with Gasteiger partial charge >= 0.3 is 0 Å². The summed E-state index contributed by atoms with van der Waals surface area (Å²) >= 11 is 0. The highest BCUT2D eigenvalue weighted by Gasteiger charge is 2.51. The fourth-order valence-electron chi connectivity index (χ4n) is 4.28. The molecule has 0 amide bonds. The summed E-state index contributed by atoms with van der Waals surface area (Å²) in [5.74, 6) is 2.24. The third-order valence-electron chi connectivity index (χ3n) is 4.97. The molecule has 4 atom stereocenters. The lowest BCUT2D eigenvalue weighted by atomic mass is 9.62. The van der Waals surface area contributed by atoms with E-state index in [1.54, 1.807) is 0 Å². The Morgan fingerprint density at radius 3 is 2.57 bits per heavy atom. The maximum Gasteiger partial charge on any atom is 0.0573 e. The number of rotatable bonds is 1. The van der Waals surface area contributed by atoms with Crippen molar-refractivity contribution in [3.05, 3.63) is 0 Å². The lowest BCUT2D eigenvalue weighted by Gasteiger charge is -2.44. The standard InChI is InChI=1S/C13H24O/c1-9(2)10-6-7-11-12(14)5-4-8-13(10,11)3/h9-12,14H,4-8H2,1-3H3/t10-,11+,12?,13-/m1/s1. The molecule has 0 spiro atoms. The lowest BCUT2D eigenvalue weighted by molar-refractivity contribution is -0.0253. The molecule has 2 saturated carbocycles. The third-order valence-corrected chi connectivity index (χ3v) is 4.97. The van der Waals surface area contributed by atoms with Crippen LogP contribution in [0.2, 0.25) is 0 Å². The second-order valence-corrected chi connectivity index (χ2v) is 6.00. The lowest BCUT2D eigenvalue weighted by Crippen LogP contribution is -2.41. The minimum Gasteiger partial charge on any atom is -0.393 e. The SMILES string of the molecule is CC(C)[C@H]1CC[C@H]2C(O)CCC[C@]12C. The van der Waals surface area contributed by atoms with Gasteiger partial charge in [-0.15, -0.1) is 0 Å². The van der Waals surface area contributed by atoms with Gasteiger partial charge in [0.1, 0.15) is 0 Å². The minimum atomic E-state index is -0.00231. The Balaban J connectivity index is 2.20. The molecule has 0 bridgehead atoms. The van der Waals surface area contributed by atoms with Crippen LogP contribution in [0.3, 0.4) is 0 Å². The summed E-state index contributed by atoms with van der Waals surface area (Å²) in [7, 11) is 0. The largest absolute Gasteiger partial charge is 0.393 e. The van der Waals surface area contributed by atoms with Gasteiger partial charge in [0.25, 0.3) is 0 Å². The molecule has 0 heterocycles. The van der Waals surface area contributed by atoms with Crippen molar-refractivity contribution >= 4 is 0 Å². The van der Waals surface area contributed by atoms with Gasteiger partial charge in [-0.3, -0.25) is 0 Å². The van der Waals surface area contributed by atoms with E-state index in [4.69, 9.17) is 0 Å². The van der Waals surface area contributed by atoms with Gasteiger partial charge in [0.2, 0.25) is 0 Å². The Hall–Kier alpha value is -0.0400. The molecular weight excluding hydrogens is 172 g/mol. The van der Waals surface area contributed by atoms with Gasteiger partial charge in [-0.05, 0) is 48.9 Å². The van der Waals surface area contributed by atoms with Gasteiger partial charge in [0.05, 0.1) is 6.10 Å². The van der Waals surface area contributed by atoms with Crippen LogP contribution in [0.5, 0.6) is 0 Å². The summed E-state index contributed by atoms with van der Waals surface area (Å²) < 4.78 is 0. The molecule has 0 aromatic carbocycles. The first-order valence-electron chi connectivity index (χ1n) is 6.24. The van der Waals surface area contributed by atoms with E-state index in [9.17, 15) is 5.11 Å². The fraction of sp³-hybridized carbons (Fsp3) is 1.00. The number of aliphatic hydroxyl groups is 1. The number of hydrogen-bond donors (Lipinski definition) is 1. The molecule has 0 aromatic rings. The fourth-order valence-corrected chi connectivity index (χ4v) is 4.28. The molecule has 2 aliphatic rings. The van der Waals surface area contributed by atoms with Crippen molar-refractivity contribution in [2.75, 3.05) is 0 Å². The van der Waals surface area contributed by atoms with Gasteiger partial charge in [-0.25, -0.2) is 0 Å². The van der Waals surface area contributed by atoms with Crippen molar-refractivity contribution in [1.82, 2.24) is 0 Å². The van der Waals surface area contributed by atoms with Crippen molar-refractivity contribution in [3.8, 4) is 0 Å². The van der Waals surface area contributed by atoms with E-state index in [-0.39, 0.29) is 6.10 Å². The predicted octanol–water partition coefficient (Wildman–Crippen LogP) is 3.22. The van der Waals surface area contributed by atoms with Crippen LogP contribution in [0, 0.1) is 23.2 Å². The first-order valence-corrected chi connectivity index (χ1v) is 6.24. The zero-order valence-electron chi connectivity index (χ0n) is 9.79. The molecule has 14 heavy (non-hydrogen) atoms. The van der Waals surface area contributed by atoms with Crippen molar-refractivity contribution in [2.45, 2.75) is 59.0 Å². The van der Waals surface area contributed by atoms with Gasteiger partial charge in [0, 0.05) is 0 Å². The second-order valence-electron chi connectivity index (χ2n) is 6.00. The summed E-state index contributed by atoms with van der Waals surface area (Å²) in [6.07, 6.45) is 6.23. The van der Waals surface area contributed by atoms with Crippen LogP contribution in [-0.2, 0) is 0 Å². The normalized spacial score (nSPS) is 48.2. The zero-order valence-corrected chi connectivity index (χ0v) is 9.79. The van der Waals surface area contributed by atoms with Crippen LogP contribution in [0.25, 0.3) is 0 Å². The van der Waals surface area contributed by atoms with Gasteiger partial charge < -0.3 is 5.11 Å². The second kappa shape index (κ2) is 3.52. The Morgan fingerprint density at radius 1 is 1.21 bits per heavy atom. The third kappa shape index (κ3) is 1.41. The summed E-state index contributed by atoms with van der Waals surface area (Å²) in [5, 5.41) is 10.0. The van der Waals surface area contributed by atoms with Crippen LogP contribution in [0.1, 0.15) is 52.9 Å². The Kier molecular flexibility index (Phi) is 2.63. The average molecular weight is 196 g/mol. The van der Waals surface area contributed by atoms with Crippen LogP contribution in [-0.4, -0.2) is 11.2 Å². The van der Waals surface area contributed by atoms with Gasteiger partial charge in [-0.2, -0.15) is 0 Å². The van der Waals surface area contributed by atoms with Crippen molar-refractivity contribution in [3.63, 3.8) is 0 Å². The summed E-state index contributed by atoms with van der Waals surface area (Å²) in [6.45, 7) is 7.12. The van der Waals surface area contributed by atoms with E-state index in [1.807, 2.05) is 0 Å². The van der Waals surface area contributed by atoms with Crippen molar-refractivity contribution in [2.24, 2.45) is 23.2 Å². The Labute approximate surface area is 87.9 Å². The Bertz CT molecular complexity index is 203. The quantitative estimate of drug-likeness (QED) is 0.682. The molecule has 2 rings (SSSR count). The predicted molar refractivity (Wildman–Crippen MR) is 59.0 cm³/mol. The maximum atomic E-state index is 10.0. The molecule has 0 aliphatic heterocycles. The van der Waals surface area contributed by atoms with Crippen molar-refractivity contribution in [1.29, 1.82) is 0 Å². The van der Waals surface area contributed by atoms with Crippen LogP contribution < -0.4 is 0 Å². The average Bonchev–Trinajstić information content (AvgIpc) is 2.43. The summed E-state index contributed by atoms with van der Waals surface area (Å²) in [6, 6.07) is 0. The maximum absolute atomic E-state index is 10.0. The van der Waals surface area contributed by atoms with Gasteiger partial charge in [-0.1, -0.05) is 27.2 Å². The van der Waals surface area contributed by atoms with E-state index >= 15 is 0 Å². The molecular formula is C13H24O. The highest BCUT2D eigenvalue weighted by atomic mass is 16.3. The van der Waals surface area contributed by atoms with Gasteiger partial charge in [0.15, 0.2) is 0 Å². The molecule has 1 nitrogen and oxygen atoms in total. The van der Waals surface area contributed by atoms with Crippen LogP contribution in [0.4, 0.5) is 0 Å². The van der Waals surface area contributed by atoms with E-state index in [0.29, 0.717) is 11.3 Å². The highest BCUT2D eigenvalue weighted by Crippen LogP contribution is 2.57. The Morgan fingerprint density at radius 2 is 1.93 bits per heavy atom. The molecule has 0 aromatic heterocycles. The molecule has 1 heteroatoms. The van der Waals surface area contributed by atoms with Crippen LogP contribution in [0.15, 0.2) is 0 Å². The molecule has 0 radical (unpaired) electrons. The van der Waals surface area contributed by atoms with Crippen LogP contribution >= 0.6 is 0 Å². The van der Waals surface area contributed by atoms with E-state index in [1.165, 1.54) is 25.7 Å². The summed E-state index contributed by atoms with van der Waals surface area (Å²) in [4.78, 5) is 0. The number of aliphatic hydroxyl groups excluding tert-OH is 1. The molecule has 2 fully saturated rings. The number of fused-ring (bicyclic) bond motifs is 1. The topological polar surface area (TPSA) is 20.2 Å². The number of hydrogen-bond acceptors (Lipinski definition) is 1. The zero-order chi connectivity index (χ0) is 10.3. The van der Waals surface area contributed by atoms with E-state index < -0.39 is 0 Å². The molecule has 0 saturated heterocycles. The molecule has 82 valence electrons. The van der Waals surface area contributed by atoms with E-state index in [2.05, 4.69) is 20.8 Å². The first-order chi connectivity index (χ1) is 6.55. The monoisotopic (exact) mass is 196 g/mol. The smallest absolute Gasteiger partial charge is 0.0573 e. The summed E-state index contributed by atoms with van der Waals surface area (Å²) in [5.41, 5.74) is 0.450. The van der Waals surface area contributed by atoms with E-state index in [0.717, 1.165) is 18.3 Å². The van der Waals surface area contributed by atoms with Crippen molar-refractivity contribution < 1.29 is 5.11 Å². The minimum absolute atomic E-state index is 0.00231.